The van der Waals surface area contributed by atoms with Crippen molar-refractivity contribution >= 4 is 6.03 Å². The predicted octanol–water partition coefficient (Wildman–Crippen LogP) is 1.58. The van der Waals surface area contributed by atoms with E-state index in [-0.39, 0.29) is 18.9 Å². The van der Waals surface area contributed by atoms with Gasteiger partial charge in [-0.2, -0.15) is 0 Å². The molecule has 1 saturated heterocycles. The maximum atomic E-state index is 12.4. The monoisotopic (exact) mass is 372 g/mol. The van der Waals surface area contributed by atoms with Crippen LogP contribution in [0.3, 0.4) is 0 Å². The van der Waals surface area contributed by atoms with Crippen molar-refractivity contribution in [3.05, 3.63) is 35.9 Å². The number of amides is 2. The first-order valence-corrected chi connectivity index (χ1v) is 8.67. The largest absolute Gasteiger partial charge is 0.480 e. The van der Waals surface area contributed by atoms with Gasteiger partial charge in [-0.3, -0.25) is 0 Å². The van der Waals surface area contributed by atoms with Crippen LogP contribution >= 0.6 is 0 Å². The van der Waals surface area contributed by atoms with Gasteiger partial charge in [0.2, 0.25) is 18.6 Å². The number of benzene rings is 1. The lowest BCUT2D eigenvalue weighted by atomic mass is 10.2. The molecule has 2 aliphatic rings. The van der Waals surface area contributed by atoms with Crippen molar-refractivity contribution < 1.29 is 23.7 Å². The number of nitrogens with zero attached hydrogens (tertiary/aromatic N) is 3. The van der Waals surface area contributed by atoms with Crippen LogP contribution in [-0.4, -0.2) is 54.2 Å². The number of likely N-dealkylation sites (tertiary alicyclic amines) is 1. The van der Waals surface area contributed by atoms with E-state index in [1.165, 1.54) is 7.11 Å². The van der Waals surface area contributed by atoms with Gasteiger partial charge in [-0.05, 0) is 17.7 Å². The Morgan fingerprint density at radius 2 is 2.04 bits per heavy atom. The van der Waals surface area contributed by atoms with Gasteiger partial charge >= 0.3 is 6.03 Å². The molecule has 2 aliphatic heterocycles. The van der Waals surface area contributed by atoms with E-state index < -0.39 is 0 Å². The average Bonchev–Trinajstić information content (AvgIpc) is 3.35. The number of fused-ring (bicyclic) bond motifs is 1. The molecular weight excluding hydrogens is 352 g/mol. The molecule has 27 heavy (non-hydrogen) atoms. The third-order valence-corrected chi connectivity index (χ3v) is 4.43. The van der Waals surface area contributed by atoms with Crippen LogP contribution in [-0.2, 0) is 6.54 Å². The summed E-state index contributed by atoms with van der Waals surface area (Å²) in [4.78, 5) is 14.1. The molecular formula is C18H20N4O5. The van der Waals surface area contributed by atoms with Gasteiger partial charge in [-0.25, -0.2) is 4.79 Å². The highest BCUT2D eigenvalue weighted by Crippen LogP contribution is 2.32. The van der Waals surface area contributed by atoms with Crippen LogP contribution in [0.25, 0.3) is 0 Å². The fourth-order valence-corrected chi connectivity index (χ4v) is 3.00. The molecule has 2 amide bonds. The summed E-state index contributed by atoms with van der Waals surface area (Å²) in [7, 11) is 1.53. The van der Waals surface area contributed by atoms with Crippen LogP contribution in [0.15, 0.2) is 30.3 Å². The van der Waals surface area contributed by atoms with Gasteiger partial charge in [0.15, 0.2) is 11.5 Å². The van der Waals surface area contributed by atoms with Crippen molar-refractivity contribution in [1.29, 1.82) is 0 Å². The Morgan fingerprint density at radius 3 is 2.85 bits per heavy atom. The Kier molecular flexibility index (Phi) is 4.82. The summed E-state index contributed by atoms with van der Waals surface area (Å²) in [5.74, 6) is 2.28. The Balaban J connectivity index is 1.26. The molecule has 1 N–H and O–H groups in total. The van der Waals surface area contributed by atoms with Crippen LogP contribution in [0.1, 0.15) is 12.0 Å². The van der Waals surface area contributed by atoms with E-state index in [1.54, 1.807) is 17.0 Å². The Hall–Kier alpha value is -3.23. The van der Waals surface area contributed by atoms with Crippen molar-refractivity contribution in [1.82, 2.24) is 20.4 Å². The van der Waals surface area contributed by atoms with Crippen molar-refractivity contribution in [2.45, 2.75) is 19.1 Å². The van der Waals surface area contributed by atoms with Crippen LogP contribution in [0.5, 0.6) is 23.3 Å². The van der Waals surface area contributed by atoms with E-state index in [0.29, 0.717) is 37.1 Å². The first kappa shape index (κ1) is 17.2. The number of carbonyl (C=O) groups excluding carboxylic acids is 1. The second-order valence-electron chi connectivity index (χ2n) is 6.23. The van der Waals surface area contributed by atoms with E-state index >= 15 is 0 Å². The SMILES string of the molecule is COc1ccc(O[C@H]2CCN(C(=O)NCc3ccc4c(c3)OCO4)C2)nn1. The number of ether oxygens (including phenoxy) is 4. The quantitative estimate of drug-likeness (QED) is 0.851. The molecule has 0 bridgehead atoms. The minimum atomic E-state index is -0.125. The highest BCUT2D eigenvalue weighted by atomic mass is 16.7. The molecule has 0 radical (unpaired) electrons. The summed E-state index contributed by atoms with van der Waals surface area (Å²) in [6.07, 6.45) is 0.634. The summed E-state index contributed by atoms with van der Waals surface area (Å²) in [5.41, 5.74) is 0.952. The van der Waals surface area contributed by atoms with Gasteiger partial charge in [0.05, 0.1) is 13.7 Å². The molecule has 3 heterocycles. The Morgan fingerprint density at radius 1 is 1.22 bits per heavy atom. The van der Waals surface area contributed by atoms with Gasteiger partial charge < -0.3 is 29.2 Å². The fraction of sp³-hybridized carbons (Fsp3) is 0.389. The van der Waals surface area contributed by atoms with Crippen LogP contribution in [0, 0.1) is 0 Å². The van der Waals surface area contributed by atoms with Crippen molar-refractivity contribution in [3.8, 4) is 23.3 Å². The van der Waals surface area contributed by atoms with Crippen LogP contribution in [0.4, 0.5) is 4.79 Å². The van der Waals surface area contributed by atoms with E-state index in [4.69, 9.17) is 18.9 Å². The average molecular weight is 372 g/mol. The summed E-state index contributed by atoms with van der Waals surface area (Å²) in [5, 5.41) is 10.7. The Bertz CT molecular complexity index is 814. The van der Waals surface area contributed by atoms with E-state index in [2.05, 4.69) is 15.5 Å². The van der Waals surface area contributed by atoms with Gasteiger partial charge in [0.1, 0.15) is 6.10 Å². The molecule has 1 fully saturated rings. The van der Waals surface area contributed by atoms with Gasteiger partial charge in [-0.15, -0.1) is 10.2 Å². The standard InChI is InChI=1S/C18H20N4O5/c1-24-16-4-5-17(21-20-16)27-13-6-7-22(10-13)18(23)19-9-12-2-3-14-15(8-12)26-11-25-14/h2-5,8,13H,6-7,9-11H2,1H3,(H,19,23)/t13-/m0/s1. The summed E-state index contributed by atoms with van der Waals surface area (Å²) < 4.78 is 21.4. The molecule has 1 aromatic heterocycles. The highest BCUT2D eigenvalue weighted by molar-refractivity contribution is 5.74. The first-order chi connectivity index (χ1) is 13.2. The lowest BCUT2D eigenvalue weighted by Crippen LogP contribution is -2.39. The molecule has 4 rings (SSSR count). The zero-order valence-electron chi connectivity index (χ0n) is 14.9. The number of carbonyl (C=O) groups is 1. The minimum Gasteiger partial charge on any atom is -0.480 e. The molecule has 0 aliphatic carbocycles. The molecule has 9 heteroatoms. The lowest BCUT2D eigenvalue weighted by Gasteiger charge is -2.17. The zero-order chi connectivity index (χ0) is 18.6. The summed E-state index contributed by atoms with van der Waals surface area (Å²) in [6.45, 7) is 1.78. The molecule has 142 valence electrons. The third kappa shape index (κ3) is 3.97. The topological polar surface area (TPSA) is 95.0 Å². The van der Waals surface area contributed by atoms with Crippen molar-refractivity contribution in [3.63, 3.8) is 0 Å². The first-order valence-electron chi connectivity index (χ1n) is 8.67. The van der Waals surface area contributed by atoms with Gasteiger partial charge in [0.25, 0.3) is 0 Å². The molecule has 0 spiro atoms. The second kappa shape index (κ2) is 7.56. The number of aromatic nitrogens is 2. The van der Waals surface area contributed by atoms with Crippen LogP contribution in [0.2, 0.25) is 0 Å². The minimum absolute atomic E-state index is 0.107. The predicted molar refractivity (Wildman–Crippen MR) is 94.0 cm³/mol. The highest BCUT2D eigenvalue weighted by Gasteiger charge is 2.28. The molecule has 2 aromatic rings. The maximum Gasteiger partial charge on any atom is 0.317 e. The summed E-state index contributed by atoms with van der Waals surface area (Å²) >= 11 is 0. The number of hydrogen-bond donors (Lipinski definition) is 1. The van der Waals surface area contributed by atoms with Crippen LogP contribution < -0.4 is 24.3 Å². The normalized spacial score (nSPS) is 17.7. The lowest BCUT2D eigenvalue weighted by molar-refractivity contribution is 0.174. The number of methoxy groups -OCH3 is 1. The van der Waals surface area contributed by atoms with Gasteiger partial charge in [-0.1, -0.05) is 6.07 Å². The Labute approximate surface area is 156 Å². The fourth-order valence-electron chi connectivity index (χ4n) is 3.00. The van der Waals surface area contributed by atoms with Crippen molar-refractivity contribution in [2.24, 2.45) is 0 Å². The zero-order valence-corrected chi connectivity index (χ0v) is 14.9. The maximum absolute atomic E-state index is 12.4. The number of urea groups is 1. The molecule has 0 unspecified atom stereocenters. The summed E-state index contributed by atoms with van der Waals surface area (Å²) in [6, 6.07) is 8.90. The molecule has 1 aromatic carbocycles. The second-order valence-corrected chi connectivity index (χ2v) is 6.23. The van der Waals surface area contributed by atoms with Crippen molar-refractivity contribution in [2.75, 3.05) is 27.0 Å². The number of rotatable bonds is 5. The van der Waals surface area contributed by atoms with Gasteiger partial charge in [0, 0.05) is 31.6 Å². The smallest absolute Gasteiger partial charge is 0.317 e. The molecule has 9 nitrogen and oxygen atoms in total. The number of nitrogens with one attached hydrogen (secondary N) is 1. The van der Waals surface area contributed by atoms with E-state index in [0.717, 1.165) is 17.7 Å². The van der Waals surface area contributed by atoms with E-state index in [9.17, 15) is 4.79 Å². The van der Waals surface area contributed by atoms with E-state index in [1.807, 2.05) is 18.2 Å². The molecule has 0 saturated carbocycles. The third-order valence-electron chi connectivity index (χ3n) is 4.43. The number of hydrogen-bond acceptors (Lipinski definition) is 7. The molecule has 1 atom stereocenters.